The molecule has 0 heterocycles. The van der Waals surface area contributed by atoms with Crippen LogP contribution in [0.3, 0.4) is 0 Å². The number of carbonyl (C=O) groups is 1. The van der Waals surface area contributed by atoms with Crippen LogP contribution < -0.4 is 20.9 Å². The molecule has 4 N–H and O–H groups in total. The summed E-state index contributed by atoms with van der Waals surface area (Å²) in [5.41, 5.74) is 15.2. The minimum Gasteiger partial charge on any atom is -0.490 e. The molecule has 3 aromatic carbocycles. The number of hydrogen-bond donors (Lipinski definition) is 2. The molecule has 0 fully saturated rings. The van der Waals surface area contributed by atoms with Crippen molar-refractivity contribution in [3.63, 3.8) is 0 Å². The largest absolute Gasteiger partial charge is 0.490 e. The maximum atomic E-state index is 13.4. The number of allylic oxidation sites excluding steroid dienone is 4. The number of nitrogen functional groups attached to an aromatic ring is 2. The van der Waals surface area contributed by atoms with Crippen molar-refractivity contribution in [2.75, 3.05) is 24.7 Å². The maximum absolute atomic E-state index is 13.4. The van der Waals surface area contributed by atoms with Crippen LogP contribution in [0, 0.1) is 0 Å². The number of carbonyl (C=O) groups excluding carboxylic acids is 1. The fraction of sp³-hybridized carbons (Fsp3) is 0.233. The molecule has 1 atom stereocenters. The average Bonchev–Trinajstić information content (AvgIpc) is 2.89. The van der Waals surface area contributed by atoms with E-state index in [4.69, 9.17) is 20.9 Å². The zero-order valence-corrected chi connectivity index (χ0v) is 21.0. The average molecular weight is 473 g/mol. The van der Waals surface area contributed by atoms with Gasteiger partial charge < -0.3 is 20.9 Å². The van der Waals surface area contributed by atoms with Gasteiger partial charge in [0.1, 0.15) is 24.7 Å². The fourth-order valence-corrected chi connectivity index (χ4v) is 3.58. The Morgan fingerprint density at radius 2 is 1.54 bits per heavy atom. The molecule has 3 aromatic rings. The monoisotopic (exact) mass is 472 g/mol. The molecule has 0 aliphatic heterocycles. The predicted octanol–water partition coefficient (Wildman–Crippen LogP) is 6.82. The van der Waals surface area contributed by atoms with Gasteiger partial charge in [-0.1, -0.05) is 62.4 Å². The summed E-state index contributed by atoms with van der Waals surface area (Å²) in [7, 11) is 0. The Morgan fingerprint density at radius 3 is 2.14 bits per heavy atom. The molecule has 5 nitrogen and oxygen atoms in total. The van der Waals surface area contributed by atoms with Gasteiger partial charge in [0.25, 0.3) is 0 Å². The molecule has 0 saturated heterocycles. The SMILES string of the molecule is C/C=C\C(=C/C)C(C(=O)c1ccc(OCCOc2ccc(N)cc2N)cc1)c1ccccc1.CC. The molecule has 1 unspecified atom stereocenters. The minimum absolute atomic E-state index is 0.0427. The van der Waals surface area contributed by atoms with E-state index in [1.54, 1.807) is 42.5 Å². The summed E-state index contributed by atoms with van der Waals surface area (Å²) in [6.45, 7) is 8.58. The van der Waals surface area contributed by atoms with Crippen LogP contribution in [-0.2, 0) is 0 Å². The summed E-state index contributed by atoms with van der Waals surface area (Å²) in [5, 5.41) is 0. The van der Waals surface area contributed by atoms with Gasteiger partial charge in [0, 0.05) is 11.3 Å². The van der Waals surface area contributed by atoms with E-state index < -0.39 is 0 Å². The molecule has 35 heavy (non-hydrogen) atoms. The topological polar surface area (TPSA) is 87.6 Å². The van der Waals surface area contributed by atoms with Gasteiger partial charge in [0.15, 0.2) is 5.78 Å². The van der Waals surface area contributed by atoms with Gasteiger partial charge in [-0.2, -0.15) is 0 Å². The molecule has 0 aliphatic carbocycles. The highest BCUT2D eigenvalue weighted by Gasteiger charge is 2.24. The Balaban J connectivity index is 0.00000210. The highest BCUT2D eigenvalue weighted by Crippen LogP contribution is 2.30. The van der Waals surface area contributed by atoms with Gasteiger partial charge in [-0.05, 0) is 67.4 Å². The van der Waals surface area contributed by atoms with E-state index in [2.05, 4.69) is 0 Å². The van der Waals surface area contributed by atoms with Crippen LogP contribution >= 0.6 is 0 Å². The van der Waals surface area contributed by atoms with Crippen molar-refractivity contribution < 1.29 is 14.3 Å². The van der Waals surface area contributed by atoms with E-state index >= 15 is 0 Å². The molecular weight excluding hydrogens is 436 g/mol. The molecule has 0 aliphatic rings. The van der Waals surface area contributed by atoms with Gasteiger partial charge in [-0.3, -0.25) is 4.79 Å². The fourth-order valence-electron chi connectivity index (χ4n) is 3.58. The number of ether oxygens (including phenoxy) is 2. The first-order valence-electron chi connectivity index (χ1n) is 11.9. The second kappa shape index (κ2) is 14.3. The lowest BCUT2D eigenvalue weighted by atomic mass is 9.84. The normalized spacial score (nSPS) is 11.9. The molecule has 0 bridgehead atoms. The van der Waals surface area contributed by atoms with E-state index in [0.29, 0.717) is 41.7 Å². The van der Waals surface area contributed by atoms with Crippen LogP contribution in [0.2, 0.25) is 0 Å². The predicted molar refractivity (Wildman–Crippen MR) is 146 cm³/mol. The van der Waals surface area contributed by atoms with Crippen LogP contribution in [0.1, 0.15) is 49.5 Å². The van der Waals surface area contributed by atoms with Crippen LogP contribution in [0.5, 0.6) is 11.5 Å². The van der Waals surface area contributed by atoms with Gasteiger partial charge in [-0.25, -0.2) is 0 Å². The van der Waals surface area contributed by atoms with Crippen LogP contribution in [0.4, 0.5) is 11.4 Å². The lowest BCUT2D eigenvalue weighted by molar-refractivity contribution is 0.0973. The van der Waals surface area contributed by atoms with Crippen molar-refractivity contribution >= 4 is 17.2 Å². The summed E-state index contributed by atoms with van der Waals surface area (Å²) in [6, 6.07) is 22.2. The van der Waals surface area contributed by atoms with Crippen molar-refractivity contribution in [2.24, 2.45) is 0 Å². The summed E-state index contributed by atoms with van der Waals surface area (Å²) in [6.07, 6.45) is 5.93. The number of Topliss-reactive ketones (excluding diaryl/α,β-unsaturated/α-hetero) is 1. The Bertz CT molecular complexity index is 1120. The summed E-state index contributed by atoms with van der Waals surface area (Å²) < 4.78 is 11.4. The number of benzene rings is 3. The third-order valence-corrected chi connectivity index (χ3v) is 5.20. The number of rotatable bonds is 10. The standard InChI is InChI=1S/C28H30N2O3.C2H6/c1-3-8-20(4-2)27(21-9-6-5-7-10-21)28(31)22-11-14-24(15-12-22)32-17-18-33-26-16-13-23(29)19-25(26)30;1-2/h3-16,19,27H,17-18,29-30H2,1-2H3;1-2H3/b8-3-,20-4+;. The Hall–Kier alpha value is -3.99. The van der Waals surface area contributed by atoms with Gasteiger partial charge >= 0.3 is 0 Å². The molecule has 184 valence electrons. The maximum Gasteiger partial charge on any atom is 0.174 e. The quantitative estimate of drug-likeness (QED) is 0.146. The zero-order valence-electron chi connectivity index (χ0n) is 21.0. The van der Waals surface area contributed by atoms with Gasteiger partial charge in [-0.15, -0.1) is 0 Å². The Morgan fingerprint density at radius 1 is 0.886 bits per heavy atom. The molecule has 0 spiro atoms. The third-order valence-electron chi connectivity index (χ3n) is 5.20. The lowest BCUT2D eigenvalue weighted by Gasteiger charge is -2.18. The molecule has 0 aromatic heterocycles. The third kappa shape index (κ3) is 7.78. The highest BCUT2D eigenvalue weighted by molar-refractivity contribution is 6.03. The molecule has 0 saturated carbocycles. The smallest absolute Gasteiger partial charge is 0.174 e. The van der Waals surface area contributed by atoms with Crippen LogP contribution in [0.25, 0.3) is 0 Å². The lowest BCUT2D eigenvalue weighted by Crippen LogP contribution is -2.15. The minimum atomic E-state index is -0.363. The highest BCUT2D eigenvalue weighted by atomic mass is 16.5. The number of hydrogen-bond acceptors (Lipinski definition) is 5. The number of anilines is 2. The van der Waals surface area contributed by atoms with E-state index in [1.807, 2.05) is 76.3 Å². The first-order chi connectivity index (χ1) is 17.0. The molecule has 5 heteroatoms. The summed E-state index contributed by atoms with van der Waals surface area (Å²) in [5.74, 6) is 0.914. The van der Waals surface area contributed by atoms with E-state index in [-0.39, 0.29) is 11.7 Å². The van der Waals surface area contributed by atoms with Crippen LogP contribution in [-0.4, -0.2) is 19.0 Å². The van der Waals surface area contributed by atoms with Gasteiger partial charge in [0.2, 0.25) is 0 Å². The van der Waals surface area contributed by atoms with Crippen molar-refractivity contribution in [1.29, 1.82) is 0 Å². The second-order valence-electron chi connectivity index (χ2n) is 7.52. The van der Waals surface area contributed by atoms with Gasteiger partial charge in [0.05, 0.1) is 11.6 Å². The van der Waals surface area contributed by atoms with Crippen molar-refractivity contribution in [3.05, 3.63) is 108 Å². The molecular formula is C30H36N2O3. The Labute approximate surface area is 209 Å². The molecule has 0 amide bonds. The van der Waals surface area contributed by atoms with Crippen molar-refractivity contribution in [3.8, 4) is 11.5 Å². The number of nitrogens with two attached hydrogens (primary N) is 2. The number of ketones is 1. The van der Waals surface area contributed by atoms with Crippen molar-refractivity contribution in [2.45, 2.75) is 33.6 Å². The first kappa shape index (κ1) is 27.3. The van der Waals surface area contributed by atoms with Crippen LogP contribution in [0.15, 0.2) is 96.6 Å². The molecule has 0 radical (unpaired) electrons. The van der Waals surface area contributed by atoms with E-state index in [0.717, 1.165) is 11.1 Å². The summed E-state index contributed by atoms with van der Waals surface area (Å²) >= 11 is 0. The summed E-state index contributed by atoms with van der Waals surface area (Å²) in [4.78, 5) is 13.4. The zero-order chi connectivity index (χ0) is 25.6. The van der Waals surface area contributed by atoms with E-state index in [9.17, 15) is 4.79 Å². The molecule has 3 rings (SSSR count). The van der Waals surface area contributed by atoms with E-state index in [1.165, 1.54) is 0 Å². The van der Waals surface area contributed by atoms with Crippen molar-refractivity contribution in [1.82, 2.24) is 0 Å². The second-order valence-corrected chi connectivity index (χ2v) is 7.52. The first-order valence-corrected chi connectivity index (χ1v) is 11.9. The Kier molecular flexibility index (Phi) is 11.1.